The number of fused-ring (bicyclic) bond motifs is 5. The normalized spacial score (nSPS) is 47.5. The number of carbonyl (C=O) groups is 4. The molecule has 0 aromatic carbocycles. The van der Waals surface area contributed by atoms with E-state index in [9.17, 15) is 24.3 Å². The van der Waals surface area contributed by atoms with Gasteiger partial charge in [-0.15, -0.1) is 0 Å². The van der Waals surface area contributed by atoms with Gasteiger partial charge in [-0.1, -0.05) is 38.6 Å². The maximum absolute atomic E-state index is 17.4. The first-order valence-electron chi connectivity index (χ1n) is 13.3. The Morgan fingerprint density at radius 1 is 1.24 bits per heavy atom. The van der Waals surface area contributed by atoms with Gasteiger partial charge in [-0.05, 0) is 49.8 Å². The molecule has 208 valence electrons. The highest BCUT2D eigenvalue weighted by Crippen LogP contribution is 2.72. The number of ether oxygens (including phenoxy) is 2. The van der Waals surface area contributed by atoms with Gasteiger partial charge in [-0.2, -0.15) is 0 Å². The second kappa shape index (κ2) is 8.98. The Hall–Kier alpha value is -2.07. The lowest BCUT2D eigenvalue weighted by Crippen LogP contribution is -2.70. The molecule has 0 amide bonds. The maximum atomic E-state index is 17.4. The number of alkyl halides is 2. The molecule has 1 saturated heterocycles. The van der Waals surface area contributed by atoms with E-state index in [4.69, 9.17) is 9.47 Å². The second-order valence-corrected chi connectivity index (χ2v) is 13.1. The fourth-order valence-corrected chi connectivity index (χ4v) is 9.56. The zero-order valence-electron chi connectivity index (χ0n) is 22.0. The molecule has 3 saturated carbocycles. The number of aliphatic hydroxyl groups is 1. The Kier molecular flexibility index (Phi) is 6.50. The van der Waals surface area contributed by atoms with Gasteiger partial charge < -0.3 is 14.6 Å². The summed E-state index contributed by atoms with van der Waals surface area (Å²) in [5.41, 5.74) is -6.81. The van der Waals surface area contributed by atoms with Crippen LogP contribution < -0.4 is 0 Å². The minimum atomic E-state index is -2.31. The first kappa shape index (κ1) is 27.5. The van der Waals surface area contributed by atoms with E-state index >= 15 is 8.78 Å². The molecule has 5 rings (SSSR count). The number of hydrogen-bond acceptors (Lipinski definition) is 8. The molecular formula is C28H34F2O7S. The van der Waals surface area contributed by atoms with Crippen molar-refractivity contribution in [2.45, 2.75) is 88.6 Å². The molecule has 1 aliphatic heterocycles. The number of thioether (sulfide) groups is 1. The quantitative estimate of drug-likeness (QED) is 0.525. The summed E-state index contributed by atoms with van der Waals surface area (Å²) in [6.45, 7) is 6.78. The minimum Gasteiger partial charge on any atom is -0.465 e. The largest absolute Gasteiger partial charge is 0.465 e. The topological polar surface area (TPSA) is 107 Å². The van der Waals surface area contributed by atoms with Crippen molar-refractivity contribution in [3.8, 4) is 0 Å². The van der Waals surface area contributed by atoms with Crippen molar-refractivity contribution >= 4 is 34.6 Å². The average Bonchev–Trinajstić information content (AvgIpc) is 3.35. The molecule has 0 radical (unpaired) electrons. The lowest BCUT2D eigenvalue weighted by atomic mass is 9.44. The number of hydrogen-bond donors (Lipinski definition) is 1. The number of aliphatic hydroxyl groups excluding tert-OH is 1. The SMILES string of the molecule is CCC(=O)O[C@@]1(C(=O)S[C@H]2CCOC2=O)[C@H](C)C[C@H]2[C@@H]3C[C@H](F)C4=CC(=O)C=C[C@]4(C)[C@@]3(F)[C@@H](O)C[C@@]21C. The molecule has 5 aliphatic rings. The first-order valence-corrected chi connectivity index (χ1v) is 14.2. The molecule has 38 heavy (non-hydrogen) atoms. The van der Waals surface area contributed by atoms with E-state index in [1.165, 1.54) is 19.1 Å². The Morgan fingerprint density at radius 3 is 2.58 bits per heavy atom. The van der Waals surface area contributed by atoms with Crippen molar-refractivity contribution in [1.29, 1.82) is 0 Å². The van der Waals surface area contributed by atoms with E-state index in [0.717, 1.165) is 17.8 Å². The van der Waals surface area contributed by atoms with Crippen LogP contribution in [0.1, 0.15) is 59.8 Å². The van der Waals surface area contributed by atoms with Gasteiger partial charge in [0.05, 0.1) is 12.7 Å². The van der Waals surface area contributed by atoms with Crippen molar-refractivity contribution in [2.75, 3.05) is 6.61 Å². The third kappa shape index (κ3) is 3.41. The summed E-state index contributed by atoms with van der Waals surface area (Å²) < 4.78 is 44.2. The van der Waals surface area contributed by atoms with Crippen LogP contribution in [0.25, 0.3) is 0 Å². The number of allylic oxidation sites excluding steroid dienone is 4. The lowest BCUT2D eigenvalue weighted by Gasteiger charge is -2.63. The van der Waals surface area contributed by atoms with Gasteiger partial charge in [0.25, 0.3) is 0 Å². The highest BCUT2D eigenvalue weighted by molar-refractivity contribution is 8.14. The highest BCUT2D eigenvalue weighted by Gasteiger charge is 2.78. The molecule has 10 heteroatoms. The van der Waals surface area contributed by atoms with Gasteiger partial charge in [0.2, 0.25) is 5.12 Å². The Morgan fingerprint density at radius 2 is 1.95 bits per heavy atom. The van der Waals surface area contributed by atoms with Gasteiger partial charge >= 0.3 is 11.9 Å². The van der Waals surface area contributed by atoms with E-state index < -0.39 is 80.2 Å². The van der Waals surface area contributed by atoms with Crippen LogP contribution in [0, 0.1) is 28.6 Å². The van der Waals surface area contributed by atoms with E-state index in [0.29, 0.717) is 6.42 Å². The average molecular weight is 553 g/mol. The van der Waals surface area contributed by atoms with Crippen LogP contribution in [0.3, 0.4) is 0 Å². The summed E-state index contributed by atoms with van der Waals surface area (Å²) in [5, 5.41) is 10.3. The van der Waals surface area contributed by atoms with Crippen molar-refractivity contribution in [3.05, 3.63) is 23.8 Å². The number of esters is 2. The number of rotatable bonds is 4. The molecule has 0 spiro atoms. The summed E-state index contributed by atoms with van der Waals surface area (Å²) in [6, 6.07) is 0. The monoisotopic (exact) mass is 552 g/mol. The van der Waals surface area contributed by atoms with Crippen molar-refractivity contribution < 1.29 is 42.5 Å². The minimum absolute atomic E-state index is 0.00469. The molecule has 0 bridgehead atoms. The van der Waals surface area contributed by atoms with Crippen LogP contribution >= 0.6 is 11.8 Å². The predicted octanol–water partition coefficient (Wildman–Crippen LogP) is 3.82. The van der Waals surface area contributed by atoms with Gasteiger partial charge in [-0.3, -0.25) is 19.2 Å². The molecule has 4 aliphatic carbocycles. The molecule has 0 aromatic rings. The van der Waals surface area contributed by atoms with Crippen LogP contribution in [0.2, 0.25) is 0 Å². The summed E-state index contributed by atoms with van der Waals surface area (Å²) in [5.74, 6) is -3.76. The third-order valence-electron chi connectivity index (χ3n) is 10.2. The highest BCUT2D eigenvalue weighted by atomic mass is 32.2. The molecule has 7 nitrogen and oxygen atoms in total. The van der Waals surface area contributed by atoms with Crippen molar-refractivity contribution in [2.24, 2.45) is 28.6 Å². The standard InChI is InChI=1S/C28H34F2O7S/c1-5-22(33)37-28(24(35)38-20-7-9-36-23(20)34)14(2)10-16-17-12-19(29)18-11-15(31)6-8-25(18,3)27(17,30)21(32)13-26(16,28)4/h6,8,11,14,16-17,19-21,32H,5,7,9-10,12-13H2,1-4H3/t14-,16+,17+,19+,20+,21+,25+,26+,27+,28-/m1/s1. The predicted molar refractivity (Wildman–Crippen MR) is 134 cm³/mol. The smallest absolute Gasteiger partial charge is 0.319 e. The molecule has 0 unspecified atom stereocenters. The zero-order valence-corrected chi connectivity index (χ0v) is 22.8. The van der Waals surface area contributed by atoms with E-state index in [1.807, 2.05) is 0 Å². The van der Waals surface area contributed by atoms with Gasteiger partial charge in [0.1, 0.15) is 11.4 Å². The number of carbonyl (C=O) groups excluding carboxylic acids is 4. The van der Waals surface area contributed by atoms with Crippen molar-refractivity contribution in [1.82, 2.24) is 0 Å². The van der Waals surface area contributed by atoms with Gasteiger partial charge in [0, 0.05) is 35.5 Å². The summed E-state index contributed by atoms with van der Waals surface area (Å²) >= 11 is 0.772. The van der Waals surface area contributed by atoms with Gasteiger partial charge in [-0.25, -0.2) is 8.78 Å². The Balaban J connectivity index is 1.61. The summed E-state index contributed by atoms with van der Waals surface area (Å²) in [4.78, 5) is 51.1. The first-order chi connectivity index (χ1) is 17.8. The van der Waals surface area contributed by atoms with Crippen LogP contribution in [-0.2, 0) is 28.7 Å². The second-order valence-electron chi connectivity index (χ2n) is 11.9. The maximum Gasteiger partial charge on any atom is 0.319 e. The summed E-state index contributed by atoms with van der Waals surface area (Å²) in [7, 11) is 0. The Bertz CT molecular complexity index is 1150. The molecule has 10 atom stereocenters. The van der Waals surface area contributed by atoms with Crippen LogP contribution in [0.4, 0.5) is 8.78 Å². The molecule has 0 aromatic heterocycles. The van der Waals surface area contributed by atoms with E-state index in [2.05, 4.69) is 0 Å². The molecule has 4 fully saturated rings. The van der Waals surface area contributed by atoms with Gasteiger partial charge in [0.15, 0.2) is 17.1 Å². The van der Waals surface area contributed by atoms with Crippen molar-refractivity contribution in [3.63, 3.8) is 0 Å². The summed E-state index contributed by atoms with van der Waals surface area (Å²) in [6.07, 6.45) is 0.586. The number of cyclic esters (lactones) is 1. The Labute approximate surface area is 224 Å². The number of halogens is 2. The fraction of sp³-hybridized carbons (Fsp3) is 0.714. The molecule has 1 N–H and O–H groups in total. The van der Waals surface area contributed by atoms with E-state index in [-0.39, 0.29) is 37.9 Å². The number of ketones is 1. The molecular weight excluding hydrogens is 518 g/mol. The lowest BCUT2D eigenvalue weighted by molar-refractivity contribution is -0.228. The third-order valence-corrected chi connectivity index (χ3v) is 11.4. The fourth-order valence-electron chi connectivity index (χ4n) is 8.27. The van der Waals surface area contributed by atoms with Crippen LogP contribution in [0.15, 0.2) is 23.8 Å². The molecule has 1 heterocycles. The van der Waals surface area contributed by atoms with Crippen LogP contribution in [-0.4, -0.2) is 63.3 Å². The zero-order chi connectivity index (χ0) is 27.8. The van der Waals surface area contributed by atoms with Crippen LogP contribution in [0.5, 0.6) is 0 Å². The van der Waals surface area contributed by atoms with E-state index in [1.54, 1.807) is 20.8 Å².